The molecule has 0 heterocycles. The van der Waals surface area contributed by atoms with E-state index in [2.05, 4.69) is 21.1 Å². The van der Waals surface area contributed by atoms with Gasteiger partial charge in [0.25, 0.3) is 0 Å². The molecule has 1 aromatic carbocycles. The minimum absolute atomic E-state index is 0.0764. The summed E-state index contributed by atoms with van der Waals surface area (Å²) in [5.41, 5.74) is 0.686. The van der Waals surface area contributed by atoms with Crippen molar-refractivity contribution in [2.24, 2.45) is 5.16 Å². The number of benzene rings is 1. The van der Waals surface area contributed by atoms with Gasteiger partial charge in [-0.15, -0.1) is 0 Å². The first-order valence-corrected chi connectivity index (χ1v) is 4.43. The maximum atomic E-state index is 11.0. The van der Waals surface area contributed by atoms with Crippen LogP contribution in [0.5, 0.6) is 0 Å². The molecule has 1 rings (SSSR count). The van der Waals surface area contributed by atoms with Gasteiger partial charge >= 0.3 is 0 Å². The molecular formula is C9H8BrNO2. The molecule has 0 amide bonds. The van der Waals surface area contributed by atoms with Crippen molar-refractivity contribution >= 4 is 27.4 Å². The first-order chi connectivity index (χ1) is 6.15. The number of hydrogen-bond acceptors (Lipinski definition) is 3. The Bertz CT molecular complexity index is 343. The van der Waals surface area contributed by atoms with E-state index in [1.165, 1.54) is 6.92 Å². The molecule has 4 heteroatoms. The van der Waals surface area contributed by atoms with Crippen LogP contribution >= 0.6 is 15.9 Å². The predicted molar refractivity (Wildman–Crippen MR) is 53.1 cm³/mol. The predicted octanol–water partition coefficient (Wildman–Crippen LogP) is 2.22. The Morgan fingerprint density at radius 1 is 1.38 bits per heavy atom. The second-order valence-electron chi connectivity index (χ2n) is 2.51. The molecule has 1 N–H and O–H groups in total. The lowest BCUT2D eigenvalue weighted by molar-refractivity contribution is -0.111. The van der Waals surface area contributed by atoms with Crippen LogP contribution in [-0.2, 0) is 4.79 Å². The van der Waals surface area contributed by atoms with Crippen molar-refractivity contribution in [1.29, 1.82) is 0 Å². The fourth-order valence-electron chi connectivity index (χ4n) is 0.939. The maximum absolute atomic E-state index is 11.0. The van der Waals surface area contributed by atoms with Crippen molar-refractivity contribution in [2.45, 2.75) is 6.92 Å². The van der Waals surface area contributed by atoms with Crippen LogP contribution in [0.1, 0.15) is 12.5 Å². The summed E-state index contributed by atoms with van der Waals surface area (Å²) in [4.78, 5) is 11.0. The Hall–Kier alpha value is -1.16. The highest BCUT2D eigenvalue weighted by Crippen LogP contribution is 2.11. The quantitative estimate of drug-likeness (QED) is 0.491. The smallest absolute Gasteiger partial charge is 0.182 e. The maximum Gasteiger partial charge on any atom is 0.182 e. The molecule has 13 heavy (non-hydrogen) atoms. The molecule has 1 aromatic rings. The van der Waals surface area contributed by atoms with Crippen LogP contribution in [0.4, 0.5) is 0 Å². The molecule has 0 saturated carbocycles. The number of hydrogen-bond donors (Lipinski definition) is 1. The lowest BCUT2D eigenvalue weighted by Gasteiger charge is -1.99. The monoisotopic (exact) mass is 241 g/mol. The summed E-state index contributed by atoms with van der Waals surface area (Å²) >= 11 is 3.27. The van der Waals surface area contributed by atoms with Crippen LogP contribution < -0.4 is 0 Å². The van der Waals surface area contributed by atoms with Gasteiger partial charge in [-0.2, -0.15) is 0 Å². The minimum atomic E-state index is -0.259. The molecule has 0 aromatic heterocycles. The van der Waals surface area contributed by atoms with E-state index in [0.717, 1.165) is 4.47 Å². The van der Waals surface area contributed by atoms with E-state index in [0.29, 0.717) is 5.56 Å². The number of nitrogens with zero attached hydrogens (tertiary/aromatic N) is 1. The largest absolute Gasteiger partial charge is 0.410 e. The summed E-state index contributed by atoms with van der Waals surface area (Å²) < 4.78 is 0.914. The Labute approximate surface area is 84.2 Å². The van der Waals surface area contributed by atoms with E-state index < -0.39 is 0 Å². The second kappa shape index (κ2) is 4.18. The van der Waals surface area contributed by atoms with E-state index in [1.807, 2.05) is 0 Å². The molecule has 0 bridgehead atoms. The highest BCUT2D eigenvalue weighted by molar-refractivity contribution is 9.10. The summed E-state index contributed by atoms with van der Waals surface area (Å²) in [6.45, 7) is 1.36. The van der Waals surface area contributed by atoms with Crippen LogP contribution in [0.2, 0.25) is 0 Å². The first-order valence-electron chi connectivity index (χ1n) is 3.64. The van der Waals surface area contributed by atoms with Crippen molar-refractivity contribution < 1.29 is 10.0 Å². The molecule has 0 aliphatic heterocycles. The zero-order chi connectivity index (χ0) is 9.84. The summed E-state index contributed by atoms with van der Waals surface area (Å²) in [5.74, 6) is -0.259. The van der Waals surface area contributed by atoms with E-state index in [1.54, 1.807) is 24.3 Å². The molecular weight excluding hydrogens is 234 g/mol. The van der Waals surface area contributed by atoms with E-state index in [4.69, 9.17) is 5.21 Å². The van der Waals surface area contributed by atoms with Gasteiger partial charge in [0.1, 0.15) is 0 Å². The van der Waals surface area contributed by atoms with Gasteiger partial charge in [-0.25, -0.2) is 0 Å². The molecule has 3 nitrogen and oxygen atoms in total. The zero-order valence-corrected chi connectivity index (χ0v) is 8.58. The SMILES string of the molecule is CC(=O)/C(=N\O)c1ccc(Br)cc1. The van der Waals surface area contributed by atoms with E-state index >= 15 is 0 Å². The van der Waals surface area contributed by atoms with Gasteiger partial charge in [-0.05, 0) is 12.1 Å². The Morgan fingerprint density at radius 3 is 2.31 bits per heavy atom. The average Bonchev–Trinajstić information content (AvgIpc) is 2.09. The molecule has 0 aliphatic carbocycles. The third-order valence-electron chi connectivity index (χ3n) is 1.55. The molecule has 0 atom stereocenters. The summed E-state index contributed by atoms with van der Waals surface area (Å²) in [7, 11) is 0. The van der Waals surface area contributed by atoms with Gasteiger partial charge in [-0.1, -0.05) is 33.2 Å². The van der Waals surface area contributed by atoms with E-state index in [-0.39, 0.29) is 11.5 Å². The molecule has 0 aliphatic rings. The van der Waals surface area contributed by atoms with Crippen molar-refractivity contribution in [3.8, 4) is 0 Å². The normalized spacial score (nSPS) is 11.4. The van der Waals surface area contributed by atoms with Crippen LogP contribution in [0.25, 0.3) is 0 Å². The van der Waals surface area contributed by atoms with Crippen molar-refractivity contribution in [2.75, 3.05) is 0 Å². The summed E-state index contributed by atoms with van der Waals surface area (Å²) in [5, 5.41) is 11.5. The van der Waals surface area contributed by atoms with Crippen molar-refractivity contribution in [3.05, 3.63) is 34.3 Å². The van der Waals surface area contributed by atoms with Crippen LogP contribution in [0.15, 0.2) is 33.9 Å². The molecule has 0 spiro atoms. The molecule has 0 unspecified atom stereocenters. The summed E-state index contributed by atoms with van der Waals surface area (Å²) in [6.07, 6.45) is 0. The van der Waals surface area contributed by atoms with Gasteiger partial charge < -0.3 is 5.21 Å². The first kappa shape index (κ1) is 9.92. The van der Waals surface area contributed by atoms with Crippen LogP contribution in [0, 0.1) is 0 Å². The van der Waals surface area contributed by atoms with Gasteiger partial charge in [0.2, 0.25) is 0 Å². The molecule has 0 fully saturated rings. The highest BCUT2D eigenvalue weighted by atomic mass is 79.9. The van der Waals surface area contributed by atoms with Crippen LogP contribution in [-0.4, -0.2) is 16.7 Å². The standard InChI is InChI=1S/C9H8BrNO2/c1-6(12)9(11-13)7-2-4-8(10)5-3-7/h2-5,13H,1H3/b11-9+. The molecule has 68 valence electrons. The fourth-order valence-corrected chi connectivity index (χ4v) is 1.20. The summed E-state index contributed by atoms with van der Waals surface area (Å²) in [6, 6.07) is 6.98. The number of rotatable bonds is 2. The Balaban J connectivity index is 3.07. The van der Waals surface area contributed by atoms with Gasteiger partial charge in [-0.3, -0.25) is 4.79 Å². The number of carbonyl (C=O) groups excluding carboxylic acids is 1. The van der Waals surface area contributed by atoms with Crippen molar-refractivity contribution in [1.82, 2.24) is 0 Å². The van der Waals surface area contributed by atoms with Crippen molar-refractivity contribution in [3.63, 3.8) is 0 Å². The fraction of sp³-hybridized carbons (Fsp3) is 0.111. The van der Waals surface area contributed by atoms with Gasteiger partial charge in [0.05, 0.1) is 0 Å². The molecule has 0 saturated heterocycles. The number of carbonyl (C=O) groups is 1. The number of oxime groups is 1. The highest BCUT2D eigenvalue weighted by Gasteiger charge is 2.08. The Morgan fingerprint density at radius 2 is 1.92 bits per heavy atom. The topological polar surface area (TPSA) is 49.7 Å². The average molecular weight is 242 g/mol. The zero-order valence-electron chi connectivity index (χ0n) is 6.99. The van der Waals surface area contributed by atoms with Crippen LogP contribution in [0.3, 0.4) is 0 Å². The number of Topliss-reactive ketones (excluding diaryl/α,β-unsaturated/α-hetero) is 1. The van der Waals surface area contributed by atoms with Gasteiger partial charge in [0, 0.05) is 17.0 Å². The molecule has 0 radical (unpaired) electrons. The van der Waals surface area contributed by atoms with Gasteiger partial charge in [0.15, 0.2) is 11.5 Å². The Kier molecular flexibility index (Phi) is 3.19. The third kappa shape index (κ3) is 2.39. The minimum Gasteiger partial charge on any atom is -0.410 e. The third-order valence-corrected chi connectivity index (χ3v) is 2.08. The second-order valence-corrected chi connectivity index (χ2v) is 3.43. The number of ketones is 1. The number of halogens is 1. The lowest BCUT2D eigenvalue weighted by Crippen LogP contribution is -2.11. The van der Waals surface area contributed by atoms with E-state index in [9.17, 15) is 4.79 Å². The lowest BCUT2D eigenvalue weighted by atomic mass is 10.1.